The van der Waals surface area contributed by atoms with Crippen molar-refractivity contribution < 1.29 is 9.50 Å². The Balaban J connectivity index is 2.92. The predicted molar refractivity (Wildman–Crippen MR) is 48.1 cm³/mol. The van der Waals surface area contributed by atoms with Gasteiger partial charge in [0.05, 0.1) is 11.7 Å². The Bertz CT molecular complexity index is 468. The molecule has 0 aliphatic heterocycles. The van der Waals surface area contributed by atoms with E-state index in [0.29, 0.717) is 10.9 Å². The molecule has 0 aliphatic rings. The topological polar surface area (TPSA) is 33.1 Å². The van der Waals surface area contributed by atoms with Crippen LogP contribution in [0.3, 0.4) is 0 Å². The average Bonchev–Trinajstić information content (AvgIpc) is 2.12. The van der Waals surface area contributed by atoms with Crippen LogP contribution < -0.4 is 0 Å². The fourth-order valence-electron chi connectivity index (χ4n) is 1.32. The van der Waals surface area contributed by atoms with E-state index in [1.54, 1.807) is 6.07 Å². The van der Waals surface area contributed by atoms with Crippen LogP contribution in [0.1, 0.15) is 5.56 Å². The third kappa shape index (κ3) is 1.22. The highest BCUT2D eigenvalue weighted by atomic mass is 19.1. The van der Waals surface area contributed by atoms with E-state index in [4.69, 9.17) is 5.11 Å². The lowest BCUT2D eigenvalue weighted by molar-refractivity contribution is 0.473. The molecule has 0 radical (unpaired) electrons. The van der Waals surface area contributed by atoms with Crippen molar-refractivity contribution in [3.63, 3.8) is 0 Å². The molecular weight excluding hydrogens is 169 g/mol. The molecule has 0 atom stereocenters. The largest absolute Gasteiger partial charge is 0.506 e. The number of rotatable bonds is 0. The summed E-state index contributed by atoms with van der Waals surface area (Å²) in [5, 5.41) is 9.48. The van der Waals surface area contributed by atoms with E-state index in [2.05, 4.69) is 4.98 Å². The third-order valence-electron chi connectivity index (χ3n) is 1.98. The van der Waals surface area contributed by atoms with E-state index in [1.807, 2.05) is 6.92 Å². The van der Waals surface area contributed by atoms with Gasteiger partial charge in [-0.05, 0) is 24.6 Å². The second-order valence-corrected chi connectivity index (χ2v) is 2.95. The molecule has 0 bridgehead atoms. The molecule has 13 heavy (non-hydrogen) atoms. The number of pyridine rings is 1. The van der Waals surface area contributed by atoms with Crippen molar-refractivity contribution in [2.24, 2.45) is 0 Å². The molecule has 3 heteroatoms. The van der Waals surface area contributed by atoms with Gasteiger partial charge in [-0.15, -0.1) is 0 Å². The van der Waals surface area contributed by atoms with Crippen LogP contribution in [0.5, 0.6) is 5.75 Å². The summed E-state index contributed by atoms with van der Waals surface area (Å²) in [5.74, 6) is -0.374. The summed E-state index contributed by atoms with van der Waals surface area (Å²) >= 11 is 0. The fourth-order valence-corrected chi connectivity index (χ4v) is 1.32. The highest BCUT2D eigenvalue weighted by Crippen LogP contribution is 2.22. The summed E-state index contributed by atoms with van der Waals surface area (Å²) in [6, 6.07) is 4.42. The summed E-state index contributed by atoms with van der Waals surface area (Å²) in [4.78, 5) is 3.95. The first-order valence-electron chi connectivity index (χ1n) is 3.92. The summed E-state index contributed by atoms with van der Waals surface area (Å²) < 4.78 is 13.2. The van der Waals surface area contributed by atoms with Gasteiger partial charge in [-0.3, -0.25) is 4.98 Å². The van der Waals surface area contributed by atoms with Crippen LogP contribution >= 0.6 is 0 Å². The van der Waals surface area contributed by atoms with Crippen LogP contribution in [0, 0.1) is 12.7 Å². The Morgan fingerprint density at radius 3 is 2.92 bits per heavy atom. The Hall–Kier alpha value is -1.64. The Kier molecular flexibility index (Phi) is 1.65. The van der Waals surface area contributed by atoms with Crippen LogP contribution in [0.25, 0.3) is 10.9 Å². The van der Waals surface area contributed by atoms with Gasteiger partial charge in [0.15, 0.2) is 0 Å². The molecular formula is C10H8FNO. The van der Waals surface area contributed by atoms with Crippen molar-refractivity contribution in [1.82, 2.24) is 4.98 Å². The zero-order valence-corrected chi connectivity index (χ0v) is 7.08. The maximum Gasteiger partial charge on any atom is 0.134 e. The Labute approximate surface area is 74.7 Å². The van der Waals surface area contributed by atoms with Gasteiger partial charge in [-0.1, -0.05) is 6.07 Å². The van der Waals surface area contributed by atoms with Crippen LogP contribution in [0.4, 0.5) is 4.39 Å². The van der Waals surface area contributed by atoms with Crippen molar-refractivity contribution in [2.45, 2.75) is 6.92 Å². The van der Waals surface area contributed by atoms with Crippen molar-refractivity contribution in [1.29, 1.82) is 0 Å². The smallest absolute Gasteiger partial charge is 0.134 e. The number of hydrogen-bond acceptors (Lipinski definition) is 2. The lowest BCUT2D eigenvalue weighted by Gasteiger charge is -2.02. The molecule has 0 fully saturated rings. The van der Waals surface area contributed by atoms with Gasteiger partial charge in [-0.25, -0.2) is 4.39 Å². The monoisotopic (exact) mass is 177 g/mol. The van der Waals surface area contributed by atoms with Gasteiger partial charge in [0, 0.05) is 5.39 Å². The second kappa shape index (κ2) is 2.69. The molecule has 66 valence electrons. The van der Waals surface area contributed by atoms with E-state index in [1.165, 1.54) is 18.3 Å². The summed E-state index contributed by atoms with van der Waals surface area (Å²) in [6.45, 7) is 1.85. The lowest BCUT2D eigenvalue weighted by Crippen LogP contribution is -1.86. The predicted octanol–water partition coefficient (Wildman–Crippen LogP) is 2.39. The van der Waals surface area contributed by atoms with Crippen LogP contribution in [0.15, 0.2) is 24.4 Å². The average molecular weight is 177 g/mol. The van der Waals surface area contributed by atoms with Gasteiger partial charge in [0.1, 0.15) is 11.6 Å². The van der Waals surface area contributed by atoms with Crippen molar-refractivity contribution >= 4 is 10.9 Å². The maximum atomic E-state index is 13.2. The number of aryl methyl sites for hydroxylation is 1. The number of nitrogens with zero attached hydrogens (tertiary/aromatic N) is 1. The minimum absolute atomic E-state index is 0.0167. The van der Waals surface area contributed by atoms with E-state index in [9.17, 15) is 4.39 Å². The van der Waals surface area contributed by atoms with Crippen LogP contribution in [0.2, 0.25) is 0 Å². The Morgan fingerprint density at radius 2 is 2.15 bits per heavy atom. The molecule has 2 nitrogen and oxygen atoms in total. The SMILES string of the molecule is Cc1ccc(F)c2cc(O)cnc12. The molecule has 2 rings (SSSR count). The zero-order chi connectivity index (χ0) is 9.42. The number of aromatic hydroxyl groups is 1. The number of benzene rings is 1. The van der Waals surface area contributed by atoms with E-state index >= 15 is 0 Å². The van der Waals surface area contributed by atoms with Crippen LogP contribution in [-0.2, 0) is 0 Å². The van der Waals surface area contributed by atoms with E-state index < -0.39 is 0 Å². The van der Waals surface area contributed by atoms with Gasteiger partial charge < -0.3 is 5.11 Å². The van der Waals surface area contributed by atoms with Gasteiger partial charge in [0.2, 0.25) is 0 Å². The van der Waals surface area contributed by atoms with Gasteiger partial charge in [-0.2, -0.15) is 0 Å². The quantitative estimate of drug-likeness (QED) is 0.670. The molecule has 1 heterocycles. The molecule has 0 amide bonds. The van der Waals surface area contributed by atoms with E-state index in [-0.39, 0.29) is 11.6 Å². The number of aromatic nitrogens is 1. The molecule has 0 saturated carbocycles. The maximum absolute atomic E-state index is 13.2. The number of fused-ring (bicyclic) bond motifs is 1. The highest BCUT2D eigenvalue weighted by Gasteiger charge is 2.04. The molecule has 1 aromatic carbocycles. The first-order valence-corrected chi connectivity index (χ1v) is 3.92. The molecule has 1 aromatic heterocycles. The van der Waals surface area contributed by atoms with Crippen molar-refractivity contribution in [2.75, 3.05) is 0 Å². The molecule has 2 aromatic rings. The fraction of sp³-hybridized carbons (Fsp3) is 0.100. The minimum Gasteiger partial charge on any atom is -0.506 e. The zero-order valence-electron chi connectivity index (χ0n) is 7.08. The molecule has 0 spiro atoms. The molecule has 1 N–H and O–H groups in total. The van der Waals surface area contributed by atoms with E-state index in [0.717, 1.165) is 5.56 Å². The number of hydrogen-bond donors (Lipinski definition) is 1. The third-order valence-corrected chi connectivity index (χ3v) is 1.98. The molecule has 0 aliphatic carbocycles. The number of halogens is 1. The van der Waals surface area contributed by atoms with Gasteiger partial charge in [0.25, 0.3) is 0 Å². The standard InChI is InChI=1S/C10H8FNO/c1-6-2-3-9(11)8-4-7(13)5-12-10(6)8/h2-5,13H,1H3. The highest BCUT2D eigenvalue weighted by molar-refractivity contribution is 5.83. The summed E-state index contributed by atoms with van der Waals surface area (Å²) in [7, 11) is 0. The lowest BCUT2D eigenvalue weighted by atomic mass is 10.1. The van der Waals surface area contributed by atoms with Gasteiger partial charge >= 0.3 is 0 Å². The molecule has 0 unspecified atom stereocenters. The second-order valence-electron chi connectivity index (χ2n) is 2.95. The minimum atomic E-state index is -0.357. The summed E-state index contributed by atoms with van der Waals surface area (Å²) in [6.07, 6.45) is 1.31. The first kappa shape index (κ1) is 7.98. The van der Waals surface area contributed by atoms with Crippen LogP contribution in [-0.4, -0.2) is 10.1 Å². The van der Waals surface area contributed by atoms with Crippen molar-refractivity contribution in [3.8, 4) is 5.75 Å². The van der Waals surface area contributed by atoms with Crippen molar-refractivity contribution in [3.05, 3.63) is 35.8 Å². The molecule has 0 saturated heterocycles. The summed E-state index contributed by atoms with van der Waals surface area (Å²) in [5.41, 5.74) is 1.49. The first-order chi connectivity index (χ1) is 6.18. The Morgan fingerprint density at radius 1 is 1.38 bits per heavy atom. The normalized spacial score (nSPS) is 10.6.